The van der Waals surface area contributed by atoms with Crippen molar-refractivity contribution in [1.29, 1.82) is 0 Å². The van der Waals surface area contributed by atoms with Gasteiger partial charge in [-0.1, -0.05) is 36.4 Å². The first-order valence-corrected chi connectivity index (χ1v) is 8.43. The molecule has 0 amide bonds. The molecule has 1 aliphatic heterocycles. The Balaban J connectivity index is 1.80. The molecule has 3 heteroatoms. The van der Waals surface area contributed by atoms with Crippen LogP contribution in [-0.2, 0) is 0 Å². The lowest BCUT2D eigenvalue weighted by Gasteiger charge is -2.38. The van der Waals surface area contributed by atoms with Crippen LogP contribution in [0.5, 0.6) is 5.75 Å². The van der Waals surface area contributed by atoms with Crippen LogP contribution in [0.25, 0.3) is 0 Å². The van der Waals surface area contributed by atoms with Crippen molar-refractivity contribution in [2.45, 2.75) is 18.4 Å². The van der Waals surface area contributed by atoms with E-state index in [-0.39, 0.29) is 0 Å². The van der Waals surface area contributed by atoms with E-state index in [0.717, 1.165) is 16.6 Å². The largest absolute Gasteiger partial charge is 0.497 e. The topological polar surface area (TPSA) is 21.3 Å². The average molecular weight is 356 g/mol. The molecule has 4 rings (SSSR count). The van der Waals surface area contributed by atoms with Gasteiger partial charge in [0, 0.05) is 10.4 Å². The summed E-state index contributed by atoms with van der Waals surface area (Å²) >= 11 is 3.70. The van der Waals surface area contributed by atoms with Crippen molar-refractivity contribution in [3.63, 3.8) is 0 Å². The fraction of sp³-hybridized carbons (Fsp3) is 0.263. The number of fused-ring (bicyclic) bond motifs is 3. The fourth-order valence-corrected chi connectivity index (χ4v) is 4.24. The van der Waals surface area contributed by atoms with Crippen LogP contribution >= 0.6 is 15.9 Å². The first-order chi connectivity index (χ1) is 10.8. The zero-order chi connectivity index (χ0) is 15.1. The van der Waals surface area contributed by atoms with Crippen LogP contribution in [0.4, 0.5) is 5.69 Å². The van der Waals surface area contributed by atoms with E-state index in [1.54, 1.807) is 7.11 Å². The molecule has 1 aliphatic carbocycles. The van der Waals surface area contributed by atoms with E-state index in [1.165, 1.54) is 16.8 Å². The maximum Gasteiger partial charge on any atom is 0.119 e. The van der Waals surface area contributed by atoms with Crippen molar-refractivity contribution in [3.8, 4) is 5.75 Å². The monoisotopic (exact) mass is 355 g/mol. The summed E-state index contributed by atoms with van der Waals surface area (Å²) in [5, 5.41) is 3.76. The summed E-state index contributed by atoms with van der Waals surface area (Å²) < 4.78 is 6.53. The second-order valence-corrected chi connectivity index (χ2v) is 6.81. The smallest absolute Gasteiger partial charge is 0.119 e. The quantitative estimate of drug-likeness (QED) is 0.739. The molecular formula is C19H18BrNO. The van der Waals surface area contributed by atoms with E-state index in [1.807, 2.05) is 6.07 Å². The Bertz CT molecular complexity index is 740. The minimum Gasteiger partial charge on any atom is -0.497 e. The molecule has 22 heavy (non-hydrogen) atoms. The Morgan fingerprint density at radius 2 is 2.05 bits per heavy atom. The first-order valence-electron chi connectivity index (χ1n) is 7.63. The van der Waals surface area contributed by atoms with Gasteiger partial charge in [-0.15, -0.1) is 0 Å². The molecule has 112 valence electrons. The third-order valence-corrected chi connectivity index (χ3v) is 5.46. The molecule has 2 nitrogen and oxygen atoms in total. The second-order valence-electron chi connectivity index (χ2n) is 5.96. The van der Waals surface area contributed by atoms with Crippen molar-refractivity contribution >= 4 is 21.6 Å². The highest BCUT2D eigenvalue weighted by Gasteiger charge is 2.38. The minimum atomic E-state index is 0.307. The van der Waals surface area contributed by atoms with Crippen molar-refractivity contribution in [3.05, 3.63) is 70.2 Å². The SMILES string of the molecule is COc1cccc([C@@H]2Nc3c(Br)cccc3[C@@H]3C=CC[C@@H]32)c1. The van der Waals surface area contributed by atoms with Crippen LogP contribution in [0.1, 0.15) is 29.5 Å². The summed E-state index contributed by atoms with van der Waals surface area (Å²) in [5.74, 6) is 1.97. The highest BCUT2D eigenvalue weighted by molar-refractivity contribution is 9.10. The van der Waals surface area contributed by atoms with E-state index in [9.17, 15) is 0 Å². The summed E-state index contributed by atoms with van der Waals surface area (Å²) in [5.41, 5.74) is 3.91. The lowest BCUT2D eigenvalue weighted by molar-refractivity contribution is 0.406. The van der Waals surface area contributed by atoms with Gasteiger partial charge in [-0.3, -0.25) is 0 Å². The number of ether oxygens (including phenoxy) is 1. The van der Waals surface area contributed by atoms with Crippen LogP contribution in [0, 0.1) is 5.92 Å². The Kier molecular flexibility index (Phi) is 3.45. The molecule has 2 aromatic rings. The van der Waals surface area contributed by atoms with Gasteiger partial charge >= 0.3 is 0 Å². The summed E-state index contributed by atoms with van der Waals surface area (Å²) in [7, 11) is 1.72. The Morgan fingerprint density at radius 1 is 1.18 bits per heavy atom. The molecule has 1 heterocycles. The van der Waals surface area contributed by atoms with Gasteiger partial charge in [-0.05, 0) is 57.6 Å². The normalized spacial score (nSPS) is 25.3. The third kappa shape index (κ3) is 2.15. The van der Waals surface area contributed by atoms with E-state index in [4.69, 9.17) is 4.74 Å². The molecule has 0 fully saturated rings. The van der Waals surface area contributed by atoms with Crippen LogP contribution < -0.4 is 10.1 Å². The second kappa shape index (κ2) is 5.47. The summed E-state index contributed by atoms with van der Waals surface area (Å²) in [6.07, 6.45) is 5.80. The Hall–Kier alpha value is -1.74. The van der Waals surface area contributed by atoms with Gasteiger partial charge in [0.1, 0.15) is 5.75 Å². The van der Waals surface area contributed by atoms with E-state index in [0.29, 0.717) is 17.9 Å². The number of methoxy groups -OCH3 is 1. The van der Waals surface area contributed by atoms with Crippen LogP contribution in [-0.4, -0.2) is 7.11 Å². The van der Waals surface area contributed by atoms with Gasteiger partial charge in [0.05, 0.1) is 18.8 Å². The van der Waals surface area contributed by atoms with E-state index < -0.39 is 0 Å². The summed E-state index contributed by atoms with van der Waals surface area (Å²) in [6, 6.07) is 15.2. The van der Waals surface area contributed by atoms with Gasteiger partial charge in [-0.2, -0.15) is 0 Å². The number of rotatable bonds is 2. The van der Waals surface area contributed by atoms with Crippen molar-refractivity contribution < 1.29 is 4.74 Å². The molecule has 0 unspecified atom stereocenters. The highest BCUT2D eigenvalue weighted by atomic mass is 79.9. The van der Waals surface area contributed by atoms with E-state index in [2.05, 4.69) is 69.8 Å². The molecule has 2 aromatic carbocycles. The van der Waals surface area contributed by atoms with Gasteiger partial charge in [0.15, 0.2) is 0 Å². The molecule has 0 radical (unpaired) electrons. The van der Waals surface area contributed by atoms with Crippen LogP contribution in [0.2, 0.25) is 0 Å². The number of hydrogen-bond donors (Lipinski definition) is 1. The molecule has 0 bridgehead atoms. The van der Waals surface area contributed by atoms with Crippen molar-refractivity contribution in [1.82, 2.24) is 0 Å². The predicted molar refractivity (Wildman–Crippen MR) is 93.5 cm³/mol. The van der Waals surface area contributed by atoms with Gasteiger partial charge in [0.2, 0.25) is 0 Å². The van der Waals surface area contributed by atoms with Crippen molar-refractivity contribution in [2.24, 2.45) is 5.92 Å². The number of hydrogen-bond acceptors (Lipinski definition) is 2. The zero-order valence-corrected chi connectivity index (χ0v) is 14.0. The number of nitrogens with one attached hydrogen (secondary N) is 1. The number of para-hydroxylation sites is 1. The Morgan fingerprint density at radius 3 is 2.91 bits per heavy atom. The molecule has 3 atom stereocenters. The van der Waals surface area contributed by atoms with Gasteiger partial charge < -0.3 is 10.1 Å². The molecule has 0 aromatic heterocycles. The predicted octanol–water partition coefficient (Wildman–Crippen LogP) is 5.28. The molecule has 2 aliphatic rings. The molecular weight excluding hydrogens is 338 g/mol. The number of allylic oxidation sites excluding steroid dienone is 2. The zero-order valence-electron chi connectivity index (χ0n) is 12.4. The maximum atomic E-state index is 5.40. The number of anilines is 1. The Labute approximate surface area is 139 Å². The third-order valence-electron chi connectivity index (χ3n) is 4.80. The fourth-order valence-electron chi connectivity index (χ4n) is 3.75. The summed E-state index contributed by atoms with van der Waals surface area (Å²) in [4.78, 5) is 0. The summed E-state index contributed by atoms with van der Waals surface area (Å²) in [6.45, 7) is 0. The van der Waals surface area contributed by atoms with Crippen LogP contribution in [0.3, 0.4) is 0 Å². The van der Waals surface area contributed by atoms with Crippen LogP contribution in [0.15, 0.2) is 59.1 Å². The molecule has 0 spiro atoms. The standard InChI is InChI=1S/C19H18BrNO/c1-22-13-6-2-5-12(11-13)18-15-8-3-7-14(15)16-9-4-10-17(20)19(16)21-18/h2-7,9-11,14-15,18,21H,8H2,1H3/t14-,15+,18+/m1/s1. The lowest BCUT2D eigenvalue weighted by atomic mass is 9.77. The lowest BCUT2D eigenvalue weighted by Crippen LogP contribution is -2.29. The van der Waals surface area contributed by atoms with Gasteiger partial charge in [0.25, 0.3) is 0 Å². The van der Waals surface area contributed by atoms with Crippen molar-refractivity contribution in [2.75, 3.05) is 12.4 Å². The first kappa shape index (κ1) is 13.9. The molecule has 0 saturated carbocycles. The average Bonchev–Trinajstić information content (AvgIpc) is 3.04. The number of benzene rings is 2. The van der Waals surface area contributed by atoms with Gasteiger partial charge in [-0.25, -0.2) is 0 Å². The molecule has 1 N–H and O–H groups in total. The van der Waals surface area contributed by atoms with E-state index >= 15 is 0 Å². The minimum absolute atomic E-state index is 0.307. The molecule has 0 saturated heterocycles. The maximum absolute atomic E-state index is 5.40. The highest BCUT2D eigenvalue weighted by Crippen LogP contribution is 2.51. The number of halogens is 1.